The zero-order chi connectivity index (χ0) is 15.7. The summed E-state index contributed by atoms with van der Waals surface area (Å²) in [6.07, 6.45) is 3.00. The lowest BCUT2D eigenvalue weighted by Gasteiger charge is -2.47. The lowest BCUT2D eigenvalue weighted by atomic mass is 9.76. The minimum Gasteiger partial charge on any atom is -0.464 e. The number of rotatable bonds is 6. The number of carbonyl (C=O) groups excluding carboxylic acids is 1. The monoisotopic (exact) mass is 333 g/mol. The molecule has 0 saturated heterocycles. The van der Waals surface area contributed by atoms with Crippen LogP contribution in [0.4, 0.5) is 0 Å². The summed E-state index contributed by atoms with van der Waals surface area (Å²) < 4.78 is 31.8. The van der Waals surface area contributed by atoms with E-state index in [0.717, 1.165) is 30.6 Å². The average molecular weight is 333 g/mol. The zero-order valence-corrected chi connectivity index (χ0v) is 13.9. The first-order valence-electron chi connectivity index (χ1n) is 6.51. The summed E-state index contributed by atoms with van der Waals surface area (Å²) in [4.78, 5) is 17.4. The van der Waals surface area contributed by atoms with Crippen molar-refractivity contribution < 1.29 is 17.9 Å². The minimum absolute atomic E-state index is 0.0948. The van der Waals surface area contributed by atoms with Gasteiger partial charge in [-0.3, -0.25) is 0 Å². The number of ether oxygens (including phenoxy) is 1. The number of methoxy groups -OCH3 is 1. The number of hydrogen-bond donors (Lipinski definition) is 1. The Morgan fingerprint density at radius 1 is 1.52 bits per heavy atom. The Kier molecular flexibility index (Phi) is 4.66. The van der Waals surface area contributed by atoms with Crippen LogP contribution in [-0.2, 0) is 14.8 Å². The third-order valence-corrected chi connectivity index (χ3v) is 6.75. The summed E-state index contributed by atoms with van der Waals surface area (Å²) in [7, 11) is 1.32. The van der Waals surface area contributed by atoms with Gasteiger partial charge in [-0.05, 0) is 33.4 Å². The molecule has 1 fully saturated rings. The number of hydrogen-bond acceptors (Lipinski definition) is 7. The second-order valence-electron chi connectivity index (χ2n) is 5.28. The number of thiazole rings is 1. The van der Waals surface area contributed by atoms with Gasteiger partial charge in [-0.1, -0.05) is 0 Å². The average Bonchev–Trinajstić information content (AvgIpc) is 2.85. The van der Waals surface area contributed by atoms with Crippen molar-refractivity contribution in [3.8, 4) is 0 Å². The molecule has 0 amide bonds. The predicted molar refractivity (Wildman–Crippen MR) is 78.9 cm³/mol. The van der Waals surface area contributed by atoms with Crippen molar-refractivity contribution in [2.45, 2.75) is 29.0 Å². The second-order valence-corrected chi connectivity index (χ2v) is 8.09. The first-order chi connectivity index (χ1) is 9.82. The number of carbonyl (C=O) groups is 1. The molecular weight excluding hydrogens is 314 g/mol. The molecule has 1 heterocycles. The molecule has 0 aliphatic heterocycles. The van der Waals surface area contributed by atoms with Gasteiger partial charge in [0.1, 0.15) is 0 Å². The maximum atomic E-state index is 12.4. The van der Waals surface area contributed by atoms with Crippen LogP contribution in [-0.4, -0.2) is 57.6 Å². The van der Waals surface area contributed by atoms with E-state index in [9.17, 15) is 13.2 Å². The number of likely N-dealkylation sites (N-methyl/N-ethyl adjacent to an activating group) is 1. The van der Waals surface area contributed by atoms with Crippen molar-refractivity contribution in [2.75, 3.05) is 27.7 Å². The maximum Gasteiger partial charge on any atom is 0.358 e. The molecule has 1 aliphatic rings. The molecule has 7 nitrogen and oxygen atoms in total. The standard InChI is InChI=1S/C12H19N3O4S2/c1-15(2)12(5-4-6-12)7-14-21(17,18)11-9(10(16)19-3)13-8-20-11/h8,14H,4-7H2,1-3H3. The van der Waals surface area contributed by atoms with E-state index in [-0.39, 0.29) is 15.4 Å². The van der Waals surface area contributed by atoms with Crippen molar-refractivity contribution in [2.24, 2.45) is 0 Å². The van der Waals surface area contributed by atoms with Crippen LogP contribution in [0.15, 0.2) is 9.72 Å². The molecule has 1 aromatic heterocycles. The Labute approximate surface area is 128 Å². The van der Waals surface area contributed by atoms with Crippen molar-refractivity contribution in [1.29, 1.82) is 0 Å². The fourth-order valence-electron chi connectivity index (χ4n) is 2.32. The fourth-order valence-corrected chi connectivity index (χ4v) is 4.62. The number of aromatic nitrogens is 1. The van der Waals surface area contributed by atoms with Crippen LogP contribution in [0, 0.1) is 0 Å². The van der Waals surface area contributed by atoms with E-state index in [0.29, 0.717) is 6.54 Å². The van der Waals surface area contributed by atoms with Crippen molar-refractivity contribution >= 4 is 27.3 Å². The second kappa shape index (κ2) is 5.99. The lowest BCUT2D eigenvalue weighted by Crippen LogP contribution is -2.57. The van der Waals surface area contributed by atoms with Crippen LogP contribution in [0.3, 0.4) is 0 Å². The highest BCUT2D eigenvalue weighted by Gasteiger charge is 2.40. The highest BCUT2D eigenvalue weighted by Crippen LogP contribution is 2.36. The van der Waals surface area contributed by atoms with Gasteiger partial charge >= 0.3 is 5.97 Å². The Morgan fingerprint density at radius 2 is 2.19 bits per heavy atom. The molecule has 118 valence electrons. The number of nitrogens with one attached hydrogen (secondary N) is 1. The van der Waals surface area contributed by atoms with Gasteiger partial charge in [0.15, 0.2) is 9.90 Å². The Bertz CT molecular complexity index is 620. The quantitative estimate of drug-likeness (QED) is 0.771. The van der Waals surface area contributed by atoms with E-state index in [1.807, 2.05) is 19.0 Å². The number of esters is 1. The van der Waals surface area contributed by atoms with E-state index < -0.39 is 16.0 Å². The van der Waals surface area contributed by atoms with E-state index in [4.69, 9.17) is 0 Å². The Hall–Kier alpha value is -1.03. The van der Waals surface area contributed by atoms with E-state index >= 15 is 0 Å². The molecule has 1 saturated carbocycles. The van der Waals surface area contributed by atoms with Crippen LogP contribution in [0.2, 0.25) is 0 Å². The zero-order valence-electron chi connectivity index (χ0n) is 12.2. The molecule has 21 heavy (non-hydrogen) atoms. The van der Waals surface area contributed by atoms with Crippen molar-refractivity contribution in [3.05, 3.63) is 11.2 Å². The van der Waals surface area contributed by atoms with Gasteiger partial charge < -0.3 is 9.64 Å². The van der Waals surface area contributed by atoms with Gasteiger partial charge in [0, 0.05) is 12.1 Å². The van der Waals surface area contributed by atoms with Crippen LogP contribution in [0.1, 0.15) is 29.8 Å². The largest absolute Gasteiger partial charge is 0.464 e. The summed E-state index contributed by atoms with van der Waals surface area (Å²) in [6.45, 7) is 0.320. The molecule has 0 aromatic carbocycles. The predicted octanol–water partition coefficient (Wildman–Crippen LogP) is 0.692. The molecule has 0 radical (unpaired) electrons. The third kappa shape index (κ3) is 3.10. The lowest BCUT2D eigenvalue weighted by molar-refractivity contribution is 0.0590. The van der Waals surface area contributed by atoms with Gasteiger partial charge in [0.2, 0.25) is 0 Å². The van der Waals surface area contributed by atoms with Gasteiger partial charge in [-0.25, -0.2) is 22.9 Å². The SMILES string of the molecule is COC(=O)c1ncsc1S(=O)(=O)NCC1(N(C)C)CCC1. The Balaban J connectivity index is 2.16. The van der Waals surface area contributed by atoms with E-state index in [1.165, 1.54) is 12.6 Å². The van der Waals surface area contributed by atoms with Crippen molar-refractivity contribution in [1.82, 2.24) is 14.6 Å². The molecule has 1 aromatic rings. The highest BCUT2D eigenvalue weighted by molar-refractivity contribution is 7.91. The van der Waals surface area contributed by atoms with E-state index in [2.05, 4.69) is 14.4 Å². The third-order valence-electron chi connectivity index (χ3n) is 3.98. The Morgan fingerprint density at radius 3 is 2.67 bits per heavy atom. The van der Waals surface area contributed by atoms with Gasteiger partial charge in [-0.15, -0.1) is 11.3 Å². The van der Waals surface area contributed by atoms with Gasteiger partial charge in [0.05, 0.1) is 12.6 Å². The summed E-state index contributed by atoms with van der Waals surface area (Å²) in [5.74, 6) is -0.748. The molecule has 2 rings (SSSR count). The molecule has 0 unspecified atom stereocenters. The molecule has 1 aliphatic carbocycles. The maximum absolute atomic E-state index is 12.4. The molecule has 1 N–H and O–H groups in total. The van der Waals surface area contributed by atoms with Gasteiger partial charge in [-0.2, -0.15) is 0 Å². The first kappa shape index (κ1) is 16.3. The highest BCUT2D eigenvalue weighted by atomic mass is 32.2. The topological polar surface area (TPSA) is 88.6 Å². The molecular formula is C12H19N3O4S2. The van der Waals surface area contributed by atoms with Crippen LogP contribution in [0.25, 0.3) is 0 Å². The summed E-state index contributed by atoms with van der Waals surface area (Å²) in [6, 6.07) is 0. The fraction of sp³-hybridized carbons (Fsp3) is 0.667. The van der Waals surface area contributed by atoms with E-state index in [1.54, 1.807) is 0 Å². The van der Waals surface area contributed by atoms with Crippen molar-refractivity contribution in [3.63, 3.8) is 0 Å². The van der Waals surface area contributed by atoms with Crippen LogP contribution < -0.4 is 4.72 Å². The normalized spacial score (nSPS) is 17.5. The molecule has 0 spiro atoms. The number of sulfonamides is 1. The first-order valence-corrected chi connectivity index (χ1v) is 8.87. The van der Waals surface area contributed by atoms with Crippen LogP contribution in [0.5, 0.6) is 0 Å². The smallest absolute Gasteiger partial charge is 0.358 e. The van der Waals surface area contributed by atoms with Gasteiger partial charge in [0.25, 0.3) is 10.0 Å². The molecule has 0 bridgehead atoms. The summed E-state index contributed by atoms with van der Waals surface area (Å²) in [5, 5.41) is 0. The molecule has 0 atom stereocenters. The minimum atomic E-state index is -3.77. The summed E-state index contributed by atoms with van der Waals surface area (Å²) in [5.41, 5.74) is 1.03. The van der Waals surface area contributed by atoms with Crippen LogP contribution >= 0.6 is 11.3 Å². The summed E-state index contributed by atoms with van der Waals surface area (Å²) >= 11 is 0.909. The molecule has 9 heteroatoms. The number of nitrogens with zero attached hydrogens (tertiary/aromatic N) is 2.